The van der Waals surface area contributed by atoms with E-state index in [2.05, 4.69) is 21.3 Å². The highest BCUT2D eigenvalue weighted by Gasteiger charge is 2.16. The van der Waals surface area contributed by atoms with Crippen molar-refractivity contribution < 1.29 is 9.90 Å². The summed E-state index contributed by atoms with van der Waals surface area (Å²) in [6.45, 7) is 0.626. The number of rotatable bonds is 6. The number of fused-ring (bicyclic) bond motifs is 1. The molecule has 0 radical (unpaired) electrons. The van der Waals surface area contributed by atoms with Crippen molar-refractivity contribution in [3.63, 3.8) is 0 Å². The molecular weight excluding hydrogens is 276 g/mol. The molecule has 104 valence electrons. The summed E-state index contributed by atoms with van der Waals surface area (Å²) >= 11 is 1.61. The van der Waals surface area contributed by atoms with Crippen molar-refractivity contribution in [2.45, 2.75) is 0 Å². The smallest absolute Gasteiger partial charge is 0.339 e. The number of aromatic nitrogens is 3. The van der Waals surface area contributed by atoms with Gasteiger partial charge in [0.2, 0.25) is 0 Å². The molecule has 2 rings (SSSR count). The van der Waals surface area contributed by atoms with Crippen LogP contribution in [0.5, 0.6) is 0 Å². The maximum atomic E-state index is 11.3. The number of carboxylic acids is 1. The fourth-order valence-corrected chi connectivity index (χ4v) is 2.34. The molecule has 2 aromatic heterocycles. The van der Waals surface area contributed by atoms with Crippen molar-refractivity contribution in [3.05, 3.63) is 18.0 Å². The van der Waals surface area contributed by atoms with Crippen LogP contribution in [0.3, 0.4) is 0 Å². The summed E-state index contributed by atoms with van der Waals surface area (Å²) in [6.07, 6.45) is 8.14. The van der Waals surface area contributed by atoms with Gasteiger partial charge in [0.15, 0.2) is 5.65 Å². The average molecular weight is 290 g/mol. The molecule has 0 unspecified atom stereocenters. The molecule has 0 saturated heterocycles. The van der Waals surface area contributed by atoms with Crippen LogP contribution in [0.25, 0.3) is 11.0 Å². The minimum atomic E-state index is -1.01. The largest absolute Gasteiger partial charge is 0.478 e. The molecule has 0 atom stereocenters. The number of thioether (sulfide) groups is 1. The molecule has 6 nitrogen and oxygen atoms in total. The topological polar surface area (TPSA) is 80.0 Å². The van der Waals surface area contributed by atoms with Crippen LogP contribution in [0.15, 0.2) is 12.4 Å². The van der Waals surface area contributed by atoms with Gasteiger partial charge < -0.3 is 10.4 Å². The van der Waals surface area contributed by atoms with Gasteiger partial charge in [0, 0.05) is 25.5 Å². The Balaban J connectivity index is 2.26. The molecule has 0 aromatic carbocycles. The Morgan fingerprint density at radius 1 is 1.60 bits per heavy atom. The van der Waals surface area contributed by atoms with Crippen molar-refractivity contribution in [2.75, 3.05) is 23.4 Å². The maximum Gasteiger partial charge on any atom is 0.339 e. The summed E-state index contributed by atoms with van der Waals surface area (Å²) in [7, 11) is 1.77. The van der Waals surface area contributed by atoms with E-state index in [0.29, 0.717) is 29.0 Å². The van der Waals surface area contributed by atoms with Crippen LogP contribution in [0, 0.1) is 12.3 Å². The molecule has 0 aliphatic heterocycles. The second-order valence-corrected chi connectivity index (χ2v) is 5.15. The number of nitrogens with zero attached hydrogens (tertiary/aromatic N) is 3. The number of nitrogens with one attached hydrogen (secondary N) is 1. The summed E-state index contributed by atoms with van der Waals surface area (Å²) in [5.74, 6) is 2.98. The van der Waals surface area contributed by atoms with Gasteiger partial charge in [-0.05, 0) is 0 Å². The Labute approximate surface area is 120 Å². The lowest BCUT2D eigenvalue weighted by molar-refractivity contribution is 0.0697. The van der Waals surface area contributed by atoms with Crippen LogP contribution in [-0.4, -0.2) is 43.9 Å². The number of hydrogen-bond acceptors (Lipinski definition) is 5. The molecule has 0 spiro atoms. The second kappa shape index (κ2) is 6.30. The van der Waals surface area contributed by atoms with E-state index in [1.165, 1.54) is 6.20 Å². The van der Waals surface area contributed by atoms with E-state index in [1.807, 2.05) is 0 Å². The number of aromatic carboxylic acids is 1. The van der Waals surface area contributed by atoms with Gasteiger partial charge in [-0.2, -0.15) is 5.10 Å². The van der Waals surface area contributed by atoms with Crippen molar-refractivity contribution in [1.82, 2.24) is 14.8 Å². The molecule has 2 aromatic rings. The predicted molar refractivity (Wildman–Crippen MR) is 80.1 cm³/mol. The molecule has 0 fully saturated rings. The van der Waals surface area contributed by atoms with Crippen molar-refractivity contribution in [2.24, 2.45) is 7.05 Å². The van der Waals surface area contributed by atoms with Gasteiger partial charge in [-0.15, -0.1) is 18.2 Å². The Kier molecular flexibility index (Phi) is 4.48. The first-order chi connectivity index (χ1) is 9.65. The lowest BCUT2D eigenvalue weighted by atomic mass is 10.2. The Morgan fingerprint density at radius 2 is 2.40 bits per heavy atom. The lowest BCUT2D eigenvalue weighted by Crippen LogP contribution is -2.10. The quantitative estimate of drug-likeness (QED) is 0.619. The van der Waals surface area contributed by atoms with E-state index in [4.69, 9.17) is 6.42 Å². The van der Waals surface area contributed by atoms with E-state index < -0.39 is 5.97 Å². The molecule has 2 heterocycles. The second-order valence-electron chi connectivity index (χ2n) is 4.04. The minimum Gasteiger partial charge on any atom is -0.478 e. The van der Waals surface area contributed by atoms with Gasteiger partial charge in [-0.25, -0.2) is 9.78 Å². The summed E-state index contributed by atoms with van der Waals surface area (Å²) in [6, 6.07) is 0. The lowest BCUT2D eigenvalue weighted by Gasteiger charge is -2.10. The molecule has 0 aliphatic carbocycles. The highest BCUT2D eigenvalue weighted by molar-refractivity contribution is 7.99. The highest BCUT2D eigenvalue weighted by Crippen LogP contribution is 2.25. The molecule has 2 N–H and O–H groups in total. The Morgan fingerprint density at radius 3 is 3.10 bits per heavy atom. The van der Waals surface area contributed by atoms with Gasteiger partial charge in [0.1, 0.15) is 5.56 Å². The summed E-state index contributed by atoms with van der Waals surface area (Å²) in [5.41, 5.74) is 1.35. The van der Waals surface area contributed by atoms with Crippen LogP contribution in [0.4, 0.5) is 5.69 Å². The van der Waals surface area contributed by atoms with E-state index >= 15 is 0 Å². The molecule has 0 amide bonds. The van der Waals surface area contributed by atoms with Crippen LogP contribution in [-0.2, 0) is 7.05 Å². The SMILES string of the molecule is C#CCSCCNc1c(C(=O)O)cnc2c1cnn2C. The first-order valence-electron chi connectivity index (χ1n) is 5.94. The molecule has 7 heteroatoms. The number of carboxylic acid groups (broad SMARTS) is 1. The third-order valence-electron chi connectivity index (χ3n) is 2.73. The zero-order valence-electron chi connectivity index (χ0n) is 11.0. The number of hydrogen-bond donors (Lipinski definition) is 2. The minimum absolute atomic E-state index is 0.146. The van der Waals surface area contributed by atoms with E-state index in [1.54, 1.807) is 29.7 Å². The Hall–Kier alpha value is -2.20. The van der Waals surface area contributed by atoms with Crippen LogP contribution >= 0.6 is 11.8 Å². The number of pyridine rings is 1. The van der Waals surface area contributed by atoms with Gasteiger partial charge in [-0.1, -0.05) is 5.92 Å². The molecule has 0 saturated carbocycles. The monoisotopic (exact) mass is 290 g/mol. The van der Waals surface area contributed by atoms with Gasteiger partial charge in [-0.3, -0.25) is 4.68 Å². The highest BCUT2D eigenvalue weighted by atomic mass is 32.2. The van der Waals surface area contributed by atoms with Gasteiger partial charge >= 0.3 is 5.97 Å². The summed E-state index contributed by atoms with van der Waals surface area (Å²) in [4.78, 5) is 15.4. The van der Waals surface area contributed by atoms with Crippen LogP contribution in [0.1, 0.15) is 10.4 Å². The molecular formula is C13H14N4O2S. The summed E-state index contributed by atoms with van der Waals surface area (Å²) < 4.78 is 1.61. The van der Waals surface area contributed by atoms with Crippen molar-refractivity contribution in [1.29, 1.82) is 0 Å². The summed E-state index contributed by atoms with van der Waals surface area (Å²) in [5, 5.41) is 17.2. The number of terminal acetylenes is 1. The predicted octanol–water partition coefficient (Wildman–Crippen LogP) is 1.44. The van der Waals surface area contributed by atoms with Crippen LogP contribution < -0.4 is 5.32 Å². The third-order valence-corrected chi connectivity index (χ3v) is 3.59. The van der Waals surface area contributed by atoms with E-state index in [9.17, 15) is 9.90 Å². The normalized spacial score (nSPS) is 10.4. The van der Waals surface area contributed by atoms with Crippen molar-refractivity contribution >= 4 is 34.5 Å². The van der Waals surface area contributed by atoms with Crippen LogP contribution in [0.2, 0.25) is 0 Å². The fourth-order valence-electron chi connectivity index (χ4n) is 1.83. The number of anilines is 1. The van der Waals surface area contributed by atoms with Gasteiger partial charge in [0.05, 0.1) is 23.0 Å². The van der Waals surface area contributed by atoms with Crippen molar-refractivity contribution in [3.8, 4) is 12.3 Å². The average Bonchev–Trinajstić information content (AvgIpc) is 2.80. The zero-order valence-corrected chi connectivity index (χ0v) is 11.8. The Bertz CT molecular complexity index is 675. The van der Waals surface area contributed by atoms with E-state index in [0.717, 1.165) is 5.75 Å². The number of carbonyl (C=O) groups is 1. The molecule has 20 heavy (non-hydrogen) atoms. The standard InChI is InChI=1S/C13H14N4O2S/c1-3-5-20-6-4-14-11-9-8-16-17(2)12(9)15-7-10(11)13(18)19/h1,7-8H,4-6H2,2H3,(H,14,15)(H,18,19). The molecule has 0 aliphatic rings. The van der Waals surface area contributed by atoms with E-state index in [-0.39, 0.29) is 5.56 Å². The first-order valence-corrected chi connectivity index (χ1v) is 7.09. The third kappa shape index (κ3) is 2.86. The first kappa shape index (κ1) is 14.2. The number of aryl methyl sites for hydroxylation is 1. The zero-order chi connectivity index (χ0) is 14.5. The van der Waals surface area contributed by atoms with Gasteiger partial charge in [0.25, 0.3) is 0 Å². The fraction of sp³-hybridized carbons (Fsp3) is 0.308. The maximum absolute atomic E-state index is 11.3. The molecule has 0 bridgehead atoms.